The molecule has 0 atom stereocenters. The lowest BCUT2D eigenvalue weighted by Crippen LogP contribution is -2.21. The summed E-state index contributed by atoms with van der Waals surface area (Å²) in [4.78, 5) is 9.18. The van der Waals surface area contributed by atoms with E-state index in [1.165, 1.54) is 0 Å². The molecule has 0 aromatic carbocycles. The molecule has 0 radical (unpaired) electrons. The molecule has 9 heavy (non-hydrogen) atoms. The van der Waals surface area contributed by atoms with E-state index >= 15 is 0 Å². The van der Waals surface area contributed by atoms with Gasteiger partial charge in [0.1, 0.15) is 0 Å². The van der Waals surface area contributed by atoms with E-state index in [1.54, 1.807) is 0 Å². The van der Waals surface area contributed by atoms with Crippen LogP contribution in [0.15, 0.2) is 0 Å². The molecule has 0 bridgehead atoms. The van der Waals surface area contributed by atoms with Crippen LogP contribution in [0, 0.1) is 0 Å². The molecule has 0 aliphatic rings. The van der Waals surface area contributed by atoms with Crippen LogP contribution in [0.3, 0.4) is 0 Å². The predicted octanol–water partition coefficient (Wildman–Crippen LogP) is -0.192. The Hall–Kier alpha value is -0.160. The standard InChI is InChI=1S/C5H14N2O2/c1-2-4-9-7-3-5-8-6/h7H,2-6H2,1H3. The summed E-state index contributed by atoms with van der Waals surface area (Å²) < 4.78 is 0. The number of hydrogen-bond acceptors (Lipinski definition) is 4. The summed E-state index contributed by atoms with van der Waals surface area (Å²) in [7, 11) is 0. The summed E-state index contributed by atoms with van der Waals surface area (Å²) in [6.45, 7) is 3.88. The first-order valence-corrected chi connectivity index (χ1v) is 3.08. The van der Waals surface area contributed by atoms with Crippen LogP contribution in [-0.2, 0) is 9.68 Å². The smallest absolute Gasteiger partial charge is 0.0827 e. The van der Waals surface area contributed by atoms with Gasteiger partial charge in [0, 0.05) is 6.54 Å². The van der Waals surface area contributed by atoms with Crippen molar-refractivity contribution < 1.29 is 9.68 Å². The molecule has 0 amide bonds. The molecular formula is C5H14N2O2. The second-order valence-corrected chi connectivity index (χ2v) is 1.61. The lowest BCUT2D eigenvalue weighted by Gasteiger charge is -2.01. The van der Waals surface area contributed by atoms with E-state index in [2.05, 4.69) is 10.3 Å². The van der Waals surface area contributed by atoms with E-state index < -0.39 is 0 Å². The highest BCUT2D eigenvalue weighted by Gasteiger charge is 1.83. The van der Waals surface area contributed by atoms with Crippen molar-refractivity contribution in [1.29, 1.82) is 0 Å². The van der Waals surface area contributed by atoms with Crippen LogP contribution >= 0.6 is 0 Å². The van der Waals surface area contributed by atoms with Gasteiger partial charge in [0.2, 0.25) is 0 Å². The SMILES string of the molecule is CCCONCCON. The average Bonchev–Trinajstić information content (AvgIpc) is 1.89. The van der Waals surface area contributed by atoms with Crippen molar-refractivity contribution in [2.45, 2.75) is 13.3 Å². The first kappa shape index (κ1) is 8.84. The fourth-order valence-corrected chi connectivity index (χ4v) is 0.347. The van der Waals surface area contributed by atoms with Crippen molar-refractivity contribution in [3.63, 3.8) is 0 Å². The minimum Gasteiger partial charge on any atom is -0.303 e. The zero-order valence-electron chi connectivity index (χ0n) is 5.72. The number of nitrogens with two attached hydrogens (primary N) is 1. The second-order valence-electron chi connectivity index (χ2n) is 1.61. The minimum atomic E-state index is 0.476. The van der Waals surface area contributed by atoms with E-state index in [1.807, 2.05) is 6.92 Å². The second kappa shape index (κ2) is 7.84. The van der Waals surface area contributed by atoms with Gasteiger partial charge in [-0.2, -0.15) is 0 Å². The molecule has 0 heterocycles. The lowest BCUT2D eigenvalue weighted by atomic mass is 10.5. The zero-order valence-corrected chi connectivity index (χ0v) is 5.72. The molecule has 0 spiro atoms. The fourth-order valence-electron chi connectivity index (χ4n) is 0.347. The maximum absolute atomic E-state index is 4.90. The Morgan fingerprint density at radius 2 is 2.22 bits per heavy atom. The van der Waals surface area contributed by atoms with Gasteiger partial charge in [0.25, 0.3) is 0 Å². The van der Waals surface area contributed by atoms with Crippen molar-refractivity contribution in [1.82, 2.24) is 5.48 Å². The molecule has 0 aliphatic heterocycles. The van der Waals surface area contributed by atoms with Crippen molar-refractivity contribution in [2.75, 3.05) is 19.8 Å². The molecule has 0 aromatic heterocycles. The van der Waals surface area contributed by atoms with Crippen LogP contribution in [0.25, 0.3) is 0 Å². The van der Waals surface area contributed by atoms with Crippen molar-refractivity contribution in [3.05, 3.63) is 0 Å². The Morgan fingerprint density at radius 1 is 1.44 bits per heavy atom. The van der Waals surface area contributed by atoms with E-state index in [-0.39, 0.29) is 0 Å². The van der Waals surface area contributed by atoms with Gasteiger partial charge in [-0.3, -0.25) is 0 Å². The van der Waals surface area contributed by atoms with E-state index in [9.17, 15) is 0 Å². The highest BCUT2D eigenvalue weighted by molar-refractivity contribution is 4.28. The van der Waals surface area contributed by atoms with Gasteiger partial charge in [0.15, 0.2) is 0 Å². The largest absolute Gasteiger partial charge is 0.303 e. The Balaban J connectivity index is 2.60. The van der Waals surface area contributed by atoms with Gasteiger partial charge >= 0.3 is 0 Å². The third-order valence-electron chi connectivity index (χ3n) is 0.730. The molecule has 0 fully saturated rings. The van der Waals surface area contributed by atoms with Crippen LogP contribution in [-0.4, -0.2) is 19.8 Å². The van der Waals surface area contributed by atoms with Crippen LogP contribution in [0.1, 0.15) is 13.3 Å². The summed E-state index contributed by atoms with van der Waals surface area (Å²) in [6.07, 6.45) is 1.01. The van der Waals surface area contributed by atoms with Crippen LogP contribution < -0.4 is 11.4 Å². The van der Waals surface area contributed by atoms with Gasteiger partial charge in [-0.1, -0.05) is 6.92 Å². The maximum atomic E-state index is 4.90. The third kappa shape index (κ3) is 7.84. The molecule has 0 saturated heterocycles. The molecule has 0 saturated carbocycles. The molecule has 0 aliphatic carbocycles. The summed E-state index contributed by atoms with van der Waals surface area (Å²) in [5.74, 6) is 4.75. The van der Waals surface area contributed by atoms with Crippen molar-refractivity contribution in [2.24, 2.45) is 5.90 Å². The van der Waals surface area contributed by atoms with Gasteiger partial charge in [-0.15, -0.1) is 0 Å². The summed E-state index contributed by atoms with van der Waals surface area (Å²) in [6, 6.07) is 0. The van der Waals surface area contributed by atoms with Crippen LogP contribution in [0.4, 0.5) is 0 Å². The molecule has 0 rings (SSSR count). The number of hydrogen-bond donors (Lipinski definition) is 2. The summed E-state index contributed by atoms with van der Waals surface area (Å²) >= 11 is 0. The molecule has 0 unspecified atom stereocenters. The van der Waals surface area contributed by atoms with E-state index in [0.29, 0.717) is 13.2 Å². The van der Waals surface area contributed by atoms with Gasteiger partial charge in [-0.25, -0.2) is 11.4 Å². The lowest BCUT2D eigenvalue weighted by molar-refractivity contribution is 0.0205. The van der Waals surface area contributed by atoms with E-state index in [0.717, 1.165) is 13.0 Å². The number of rotatable bonds is 6. The molecule has 4 nitrogen and oxygen atoms in total. The monoisotopic (exact) mass is 134 g/mol. The third-order valence-corrected chi connectivity index (χ3v) is 0.730. The molecular weight excluding hydrogens is 120 g/mol. The van der Waals surface area contributed by atoms with Gasteiger partial charge in [0.05, 0.1) is 13.2 Å². The van der Waals surface area contributed by atoms with Crippen molar-refractivity contribution in [3.8, 4) is 0 Å². The number of hydroxylamine groups is 1. The van der Waals surface area contributed by atoms with Crippen molar-refractivity contribution >= 4 is 0 Å². The average molecular weight is 134 g/mol. The van der Waals surface area contributed by atoms with Gasteiger partial charge < -0.3 is 9.68 Å². The first-order valence-electron chi connectivity index (χ1n) is 3.08. The minimum absolute atomic E-state index is 0.476. The van der Waals surface area contributed by atoms with Crippen LogP contribution in [0.2, 0.25) is 0 Å². The Labute approximate surface area is 55.2 Å². The van der Waals surface area contributed by atoms with Gasteiger partial charge in [-0.05, 0) is 6.42 Å². The van der Waals surface area contributed by atoms with E-state index in [4.69, 9.17) is 10.7 Å². The predicted molar refractivity (Wildman–Crippen MR) is 34.4 cm³/mol. The molecule has 0 aromatic rings. The first-order chi connectivity index (χ1) is 4.41. The molecule has 56 valence electrons. The maximum Gasteiger partial charge on any atom is 0.0827 e. The Morgan fingerprint density at radius 3 is 2.78 bits per heavy atom. The molecule has 3 N–H and O–H groups in total. The zero-order chi connectivity index (χ0) is 6.95. The Bertz CT molecular complexity index is 46.2. The highest BCUT2D eigenvalue weighted by atomic mass is 16.7. The fraction of sp³-hybridized carbons (Fsp3) is 1.00. The topological polar surface area (TPSA) is 56.5 Å². The molecule has 4 heteroatoms. The number of nitrogens with one attached hydrogen (secondary N) is 1. The summed E-state index contributed by atoms with van der Waals surface area (Å²) in [5.41, 5.74) is 2.68. The van der Waals surface area contributed by atoms with Crippen LogP contribution in [0.5, 0.6) is 0 Å². The summed E-state index contributed by atoms with van der Waals surface area (Å²) in [5, 5.41) is 0. The highest BCUT2D eigenvalue weighted by Crippen LogP contribution is 1.73. The Kier molecular flexibility index (Phi) is 7.70. The normalized spacial score (nSPS) is 10.0. The quantitative estimate of drug-likeness (QED) is 0.390.